The van der Waals surface area contributed by atoms with Crippen molar-refractivity contribution >= 4 is 5.78 Å². The SMILES string of the molecule is CC(C)CCOCCN1CCC(=O)CC1C. The van der Waals surface area contributed by atoms with Gasteiger partial charge >= 0.3 is 0 Å². The minimum atomic E-state index is 0.398. The van der Waals surface area contributed by atoms with Gasteiger partial charge in [-0.25, -0.2) is 0 Å². The van der Waals surface area contributed by atoms with Crippen molar-refractivity contribution in [3.63, 3.8) is 0 Å². The molecule has 0 N–H and O–H groups in total. The van der Waals surface area contributed by atoms with Gasteiger partial charge in [-0.15, -0.1) is 0 Å². The standard InChI is InChI=1S/C13H25NO2/c1-11(2)5-8-16-9-7-14-6-4-13(15)10-12(14)3/h11-12H,4-10H2,1-3H3. The fourth-order valence-corrected chi connectivity index (χ4v) is 1.98. The predicted molar refractivity (Wildman–Crippen MR) is 65.6 cm³/mol. The first-order valence-electron chi connectivity index (χ1n) is 6.43. The summed E-state index contributed by atoms with van der Waals surface area (Å²) in [5, 5.41) is 0. The number of piperidine rings is 1. The number of ketones is 1. The molecule has 1 heterocycles. The van der Waals surface area contributed by atoms with Gasteiger partial charge in [-0.3, -0.25) is 9.69 Å². The molecule has 0 aromatic rings. The summed E-state index contributed by atoms with van der Waals surface area (Å²) in [4.78, 5) is 13.6. The quantitative estimate of drug-likeness (QED) is 0.651. The summed E-state index contributed by atoms with van der Waals surface area (Å²) in [6.07, 6.45) is 2.57. The zero-order valence-corrected chi connectivity index (χ0v) is 10.9. The molecule has 94 valence electrons. The van der Waals surface area contributed by atoms with Gasteiger partial charge in [0.1, 0.15) is 5.78 Å². The summed E-state index contributed by atoms with van der Waals surface area (Å²) in [6.45, 7) is 10.1. The second-order valence-corrected chi connectivity index (χ2v) is 5.17. The Balaban J connectivity index is 2.06. The van der Waals surface area contributed by atoms with Crippen LogP contribution in [0.15, 0.2) is 0 Å². The highest BCUT2D eigenvalue weighted by atomic mass is 16.5. The molecule has 1 unspecified atom stereocenters. The van der Waals surface area contributed by atoms with Crippen molar-refractivity contribution in [2.75, 3.05) is 26.3 Å². The lowest BCUT2D eigenvalue weighted by Gasteiger charge is -2.32. The first-order valence-corrected chi connectivity index (χ1v) is 6.43. The van der Waals surface area contributed by atoms with Crippen LogP contribution in [0.5, 0.6) is 0 Å². The Hall–Kier alpha value is -0.410. The molecule has 0 spiro atoms. The van der Waals surface area contributed by atoms with Crippen LogP contribution in [-0.2, 0) is 9.53 Å². The van der Waals surface area contributed by atoms with E-state index in [-0.39, 0.29) is 0 Å². The second kappa shape index (κ2) is 7.02. The molecule has 0 bridgehead atoms. The summed E-state index contributed by atoms with van der Waals surface area (Å²) in [7, 11) is 0. The maximum absolute atomic E-state index is 11.2. The van der Waals surface area contributed by atoms with Crippen molar-refractivity contribution < 1.29 is 9.53 Å². The average molecular weight is 227 g/mol. The predicted octanol–water partition coefficient (Wildman–Crippen LogP) is 2.10. The van der Waals surface area contributed by atoms with Crippen LogP contribution in [0.4, 0.5) is 0 Å². The number of carbonyl (C=O) groups excluding carboxylic acids is 1. The lowest BCUT2D eigenvalue weighted by molar-refractivity contribution is -0.123. The van der Waals surface area contributed by atoms with Crippen LogP contribution in [0, 0.1) is 5.92 Å². The average Bonchev–Trinajstić information content (AvgIpc) is 2.20. The Morgan fingerprint density at radius 2 is 2.19 bits per heavy atom. The molecule has 1 aliphatic heterocycles. The molecule has 0 aromatic heterocycles. The van der Waals surface area contributed by atoms with Gasteiger partial charge in [0.15, 0.2) is 0 Å². The Morgan fingerprint density at radius 3 is 2.81 bits per heavy atom. The van der Waals surface area contributed by atoms with Gasteiger partial charge in [-0.2, -0.15) is 0 Å². The lowest BCUT2D eigenvalue weighted by atomic mass is 10.0. The molecule has 0 saturated carbocycles. The first kappa shape index (κ1) is 13.7. The van der Waals surface area contributed by atoms with Crippen LogP contribution in [0.25, 0.3) is 0 Å². The van der Waals surface area contributed by atoms with Gasteiger partial charge in [0.25, 0.3) is 0 Å². The van der Waals surface area contributed by atoms with E-state index in [1.54, 1.807) is 0 Å². The minimum Gasteiger partial charge on any atom is -0.380 e. The fraction of sp³-hybridized carbons (Fsp3) is 0.923. The van der Waals surface area contributed by atoms with Gasteiger partial charge < -0.3 is 4.74 Å². The van der Waals surface area contributed by atoms with Gasteiger partial charge in [-0.05, 0) is 19.3 Å². The van der Waals surface area contributed by atoms with Gasteiger partial charge in [0.2, 0.25) is 0 Å². The molecule has 0 radical (unpaired) electrons. The van der Waals surface area contributed by atoms with Crippen molar-refractivity contribution in [3.8, 4) is 0 Å². The van der Waals surface area contributed by atoms with E-state index in [1.165, 1.54) is 0 Å². The number of hydrogen-bond acceptors (Lipinski definition) is 3. The maximum atomic E-state index is 11.2. The van der Waals surface area contributed by atoms with E-state index in [1.807, 2.05) is 0 Å². The molecule has 3 nitrogen and oxygen atoms in total. The zero-order valence-electron chi connectivity index (χ0n) is 10.9. The highest BCUT2D eigenvalue weighted by Gasteiger charge is 2.22. The van der Waals surface area contributed by atoms with Crippen molar-refractivity contribution in [2.45, 2.75) is 46.1 Å². The van der Waals surface area contributed by atoms with E-state index in [2.05, 4.69) is 25.7 Å². The Kier molecular flexibility index (Phi) is 5.99. The van der Waals surface area contributed by atoms with Crippen LogP contribution >= 0.6 is 0 Å². The number of rotatable bonds is 6. The zero-order chi connectivity index (χ0) is 12.0. The van der Waals surface area contributed by atoms with Crippen LogP contribution in [0.3, 0.4) is 0 Å². The number of likely N-dealkylation sites (tertiary alicyclic amines) is 1. The Bertz CT molecular complexity index is 216. The highest BCUT2D eigenvalue weighted by molar-refractivity contribution is 5.79. The normalized spacial score (nSPS) is 23.0. The highest BCUT2D eigenvalue weighted by Crippen LogP contribution is 2.13. The van der Waals surface area contributed by atoms with E-state index in [4.69, 9.17) is 4.74 Å². The third kappa shape index (κ3) is 5.08. The molecule has 0 aliphatic carbocycles. The number of Topliss-reactive ketones (excluding diaryl/α,β-unsaturated/α-hetero) is 1. The molecule has 1 rings (SSSR count). The summed E-state index contributed by atoms with van der Waals surface area (Å²) in [5.41, 5.74) is 0. The van der Waals surface area contributed by atoms with Crippen molar-refractivity contribution in [2.24, 2.45) is 5.92 Å². The molecule has 1 saturated heterocycles. The Labute approximate surface area is 99.1 Å². The number of ether oxygens (including phenoxy) is 1. The third-order valence-electron chi connectivity index (χ3n) is 3.19. The molecule has 16 heavy (non-hydrogen) atoms. The lowest BCUT2D eigenvalue weighted by Crippen LogP contribution is -2.42. The van der Waals surface area contributed by atoms with Gasteiger partial charge in [0.05, 0.1) is 6.61 Å². The number of nitrogens with zero attached hydrogens (tertiary/aromatic N) is 1. The van der Waals surface area contributed by atoms with Crippen molar-refractivity contribution in [1.29, 1.82) is 0 Å². The van der Waals surface area contributed by atoms with Gasteiger partial charge in [-0.1, -0.05) is 13.8 Å². The summed E-state index contributed by atoms with van der Waals surface area (Å²) < 4.78 is 5.60. The third-order valence-corrected chi connectivity index (χ3v) is 3.19. The van der Waals surface area contributed by atoms with E-state index < -0.39 is 0 Å². The van der Waals surface area contributed by atoms with E-state index in [0.717, 1.165) is 39.1 Å². The topological polar surface area (TPSA) is 29.5 Å². The van der Waals surface area contributed by atoms with Crippen LogP contribution < -0.4 is 0 Å². The fourth-order valence-electron chi connectivity index (χ4n) is 1.98. The van der Waals surface area contributed by atoms with E-state index >= 15 is 0 Å². The molecule has 0 aromatic carbocycles. The van der Waals surface area contributed by atoms with Crippen LogP contribution in [-0.4, -0.2) is 43.0 Å². The van der Waals surface area contributed by atoms with E-state index in [0.29, 0.717) is 24.2 Å². The van der Waals surface area contributed by atoms with E-state index in [9.17, 15) is 4.79 Å². The molecule has 1 fully saturated rings. The minimum absolute atomic E-state index is 0.398. The molecule has 1 atom stereocenters. The summed E-state index contributed by atoms with van der Waals surface area (Å²) >= 11 is 0. The summed E-state index contributed by atoms with van der Waals surface area (Å²) in [6, 6.07) is 0.398. The largest absolute Gasteiger partial charge is 0.380 e. The monoisotopic (exact) mass is 227 g/mol. The van der Waals surface area contributed by atoms with Gasteiger partial charge in [0, 0.05) is 38.6 Å². The molecule has 1 aliphatic rings. The molecular weight excluding hydrogens is 202 g/mol. The van der Waals surface area contributed by atoms with Crippen molar-refractivity contribution in [1.82, 2.24) is 4.90 Å². The maximum Gasteiger partial charge on any atom is 0.135 e. The number of carbonyl (C=O) groups is 1. The summed E-state index contributed by atoms with van der Waals surface area (Å²) in [5.74, 6) is 1.12. The molecule has 0 amide bonds. The molecular formula is C13H25NO2. The van der Waals surface area contributed by atoms with Crippen LogP contribution in [0.1, 0.15) is 40.0 Å². The van der Waals surface area contributed by atoms with Crippen LogP contribution in [0.2, 0.25) is 0 Å². The second-order valence-electron chi connectivity index (χ2n) is 5.17. The van der Waals surface area contributed by atoms with Crippen molar-refractivity contribution in [3.05, 3.63) is 0 Å². The number of hydrogen-bond donors (Lipinski definition) is 0. The Morgan fingerprint density at radius 1 is 1.44 bits per heavy atom. The smallest absolute Gasteiger partial charge is 0.135 e. The molecule has 3 heteroatoms. The first-order chi connectivity index (χ1) is 7.59.